The summed E-state index contributed by atoms with van der Waals surface area (Å²) in [6.07, 6.45) is -6.39. The first-order chi connectivity index (χ1) is 11.0. The molecule has 1 N–H and O–H groups in total. The van der Waals surface area contributed by atoms with Crippen molar-refractivity contribution in [3.05, 3.63) is 53.2 Å². The fraction of sp³-hybridized carbons (Fsp3) is 0.312. The molecule has 0 spiro atoms. The quantitative estimate of drug-likeness (QED) is 0.593. The van der Waals surface area contributed by atoms with Crippen LogP contribution >= 0.6 is 0 Å². The molecule has 24 heavy (non-hydrogen) atoms. The Morgan fingerprint density at radius 1 is 1.04 bits per heavy atom. The number of fused-ring (bicyclic) bond motifs is 1. The fourth-order valence-electron chi connectivity index (χ4n) is 2.87. The molecule has 0 amide bonds. The summed E-state index contributed by atoms with van der Waals surface area (Å²) >= 11 is 0. The van der Waals surface area contributed by atoms with Crippen LogP contribution in [0.15, 0.2) is 36.4 Å². The Bertz CT molecular complexity index is 824. The number of pyridine rings is 1. The van der Waals surface area contributed by atoms with E-state index in [1.807, 2.05) is 0 Å². The van der Waals surface area contributed by atoms with Gasteiger partial charge in [0.15, 0.2) is 0 Å². The molecule has 3 rings (SSSR count). The highest BCUT2D eigenvalue weighted by Crippen LogP contribution is 2.42. The van der Waals surface area contributed by atoms with Crippen LogP contribution < -0.4 is 0 Å². The minimum absolute atomic E-state index is 0.0969. The number of halogens is 6. The lowest BCUT2D eigenvalue weighted by Gasteiger charge is -2.25. The van der Waals surface area contributed by atoms with Crippen LogP contribution in [0.5, 0.6) is 0 Å². The Labute approximate surface area is 132 Å². The van der Waals surface area contributed by atoms with E-state index in [9.17, 15) is 31.4 Å². The average molecular weight is 347 g/mol. The summed E-state index contributed by atoms with van der Waals surface area (Å²) in [5.41, 5.74) is -5.51. The second kappa shape index (κ2) is 5.20. The average Bonchev–Trinajstić information content (AvgIpc) is 2.91. The van der Waals surface area contributed by atoms with Crippen molar-refractivity contribution >= 4 is 10.9 Å². The molecule has 1 aliphatic rings. The molecular formula is C16H11F6NO. The Kier molecular flexibility index (Phi) is 3.63. The van der Waals surface area contributed by atoms with Gasteiger partial charge in [0.05, 0.1) is 11.1 Å². The first-order valence-corrected chi connectivity index (χ1v) is 7.01. The molecule has 0 radical (unpaired) electrons. The van der Waals surface area contributed by atoms with E-state index in [1.54, 1.807) is 6.08 Å². The third kappa shape index (κ3) is 2.75. The third-order valence-corrected chi connectivity index (χ3v) is 3.99. The maximum atomic E-state index is 13.2. The van der Waals surface area contributed by atoms with Crippen molar-refractivity contribution in [2.75, 3.05) is 0 Å². The second-order valence-electron chi connectivity index (χ2n) is 5.62. The lowest BCUT2D eigenvalue weighted by Crippen LogP contribution is -2.23. The maximum absolute atomic E-state index is 13.2. The van der Waals surface area contributed by atoms with Gasteiger partial charge in [0, 0.05) is 5.39 Å². The summed E-state index contributed by atoms with van der Waals surface area (Å²) < 4.78 is 78.7. The zero-order chi connectivity index (χ0) is 17.8. The van der Waals surface area contributed by atoms with Crippen LogP contribution in [0.2, 0.25) is 0 Å². The van der Waals surface area contributed by atoms with Crippen LogP contribution in [-0.4, -0.2) is 10.1 Å². The number of aromatic nitrogens is 1. The Morgan fingerprint density at radius 2 is 1.75 bits per heavy atom. The van der Waals surface area contributed by atoms with Gasteiger partial charge in [-0.3, -0.25) is 0 Å². The standard InChI is InChI=1S/C16H11F6NO/c17-15(18,19)10-5-3-4-9-11(14(24)6-1-2-7-14)8-12(16(20,21)22)23-13(9)10/h1,3-6,8,24H,2,7H2. The topological polar surface area (TPSA) is 33.1 Å². The van der Waals surface area contributed by atoms with Gasteiger partial charge in [0.1, 0.15) is 11.3 Å². The van der Waals surface area contributed by atoms with Gasteiger partial charge >= 0.3 is 12.4 Å². The van der Waals surface area contributed by atoms with Crippen LogP contribution in [0, 0.1) is 0 Å². The van der Waals surface area contributed by atoms with Crippen molar-refractivity contribution in [3.8, 4) is 0 Å². The monoisotopic (exact) mass is 347 g/mol. The number of hydrogen-bond donors (Lipinski definition) is 1. The third-order valence-electron chi connectivity index (χ3n) is 3.99. The van der Waals surface area contributed by atoms with Gasteiger partial charge in [-0.1, -0.05) is 24.3 Å². The van der Waals surface area contributed by atoms with E-state index in [-0.39, 0.29) is 17.4 Å². The molecule has 1 aromatic carbocycles. The van der Waals surface area contributed by atoms with Crippen molar-refractivity contribution in [2.24, 2.45) is 0 Å². The SMILES string of the molecule is OC1(c2cc(C(F)(F)F)nc3c(C(F)(F)F)cccc23)C=CCC1. The first kappa shape index (κ1) is 16.8. The van der Waals surface area contributed by atoms with E-state index in [2.05, 4.69) is 4.98 Å². The molecule has 128 valence electrons. The normalized spacial score (nSPS) is 21.6. The molecule has 2 nitrogen and oxygen atoms in total. The minimum atomic E-state index is -4.93. The Hall–Kier alpha value is -2.09. The molecule has 2 aromatic rings. The highest BCUT2D eigenvalue weighted by atomic mass is 19.4. The summed E-state index contributed by atoms with van der Waals surface area (Å²) in [6.45, 7) is 0. The molecule has 0 fully saturated rings. The van der Waals surface area contributed by atoms with Crippen LogP contribution in [0.25, 0.3) is 10.9 Å². The number of nitrogens with zero attached hydrogens (tertiary/aromatic N) is 1. The first-order valence-electron chi connectivity index (χ1n) is 7.01. The Morgan fingerprint density at radius 3 is 2.29 bits per heavy atom. The fourth-order valence-corrected chi connectivity index (χ4v) is 2.87. The molecule has 0 aliphatic heterocycles. The molecule has 1 heterocycles. The highest BCUT2D eigenvalue weighted by molar-refractivity contribution is 5.87. The van der Waals surface area contributed by atoms with Gasteiger partial charge in [-0.25, -0.2) is 4.98 Å². The van der Waals surface area contributed by atoms with Gasteiger partial charge in [-0.2, -0.15) is 26.3 Å². The van der Waals surface area contributed by atoms with Gasteiger partial charge in [-0.05, 0) is 30.5 Å². The molecular weight excluding hydrogens is 336 g/mol. The zero-order valence-electron chi connectivity index (χ0n) is 12.0. The van der Waals surface area contributed by atoms with E-state index in [1.165, 1.54) is 12.1 Å². The summed E-state index contributed by atoms with van der Waals surface area (Å²) in [4.78, 5) is 3.20. The second-order valence-corrected chi connectivity index (χ2v) is 5.62. The lowest BCUT2D eigenvalue weighted by molar-refractivity contribution is -0.142. The molecule has 0 saturated heterocycles. The predicted molar refractivity (Wildman–Crippen MR) is 74.0 cm³/mol. The maximum Gasteiger partial charge on any atom is 0.433 e. The van der Waals surface area contributed by atoms with E-state index in [0.29, 0.717) is 18.6 Å². The van der Waals surface area contributed by atoms with Gasteiger partial charge in [0.25, 0.3) is 0 Å². The number of aliphatic hydroxyl groups is 1. The number of hydrogen-bond acceptors (Lipinski definition) is 2. The van der Waals surface area contributed by atoms with E-state index >= 15 is 0 Å². The van der Waals surface area contributed by atoms with Crippen LogP contribution in [0.3, 0.4) is 0 Å². The highest BCUT2D eigenvalue weighted by Gasteiger charge is 2.40. The van der Waals surface area contributed by atoms with Gasteiger partial charge in [-0.15, -0.1) is 0 Å². The van der Waals surface area contributed by atoms with Crippen molar-refractivity contribution in [2.45, 2.75) is 30.8 Å². The summed E-state index contributed by atoms with van der Waals surface area (Å²) in [5, 5.41) is 10.4. The van der Waals surface area contributed by atoms with E-state index < -0.39 is 34.7 Å². The largest absolute Gasteiger partial charge is 0.433 e. The number of para-hydroxylation sites is 1. The summed E-state index contributed by atoms with van der Waals surface area (Å²) in [5.74, 6) is 0. The molecule has 0 bridgehead atoms. The van der Waals surface area contributed by atoms with Crippen LogP contribution in [0.4, 0.5) is 26.3 Å². The molecule has 1 aliphatic carbocycles. The summed E-state index contributed by atoms with van der Waals surface area (Å²) in [7, 11) is 0. The zero-order valence-corrected chi connectivity index (χ0v) is 12.0. The van der Waals surface area contributed by atoms with Crippen LogP contribution in [0.1, 0.15) is 29.7 Å². The van der Waals surface area contributed by atoms with Crippen molar-refractivity contribution in [3.63, 3.8) is 0 Å². The molecule has 1 aromatic heterocycles. The van der Waals surface area contributed by atoms with Gasteiger partial charge < -0.3 is 5.11 Å². The van der Waals surface area contributed by atoms with Gasteiger partial charge in [0.2, 0.25) is 0 Å². The van der Waals surface area contributed by atoms with Crippen molar-refractivity contribution < 1.29 is 31.4 Å². The smallest absolute Gasteiger partial charge is 0.381 e. The molecule has 1 atom stereocenters. The Balaban J connectivity index is 2.41. The predicted octanol–water partition coefficient (Wildman–Crippen LogP) is 4.81. The summed E-state index contributed by atoms with van der Waals surface area (Å²) in [6, 6.07) is 3.62. The number of rotatable bonds is 1. The van der Waals surface area contributed by atoms with E-state index in [0.717, 1.165) is 6.07 Å². The molecule has 8 heteroatoms. The number of alkyl halides is 6. The number of allylic oxidation sites excluding steroid dienone is 1. The van der Waals surface area contributed by atoms with Crippen LogP contribution in [-0.2, 0) is 18.0 Å². The lowest BCUT2D eigenvalue weighted by atomic mass is 9.89. The van der Waals surface area contributed by atoms with E-state index in [4.69, 9.17) is 0 Å². The van der Waals surface area contributed by atoms with Crippen molar-refractivity contribution in [1.29, 1.82) is 0 Å². The molecule has 0 saturated carbocycles. The van der Waals surface area contributed by atoms with Crippen molar-refractivity contribution in [1.82, 2.24) is 4.98 Å². The number of benzene rings is 1. The molecule has 1 unspecified atom stereocenters. The minimum Gasteiger partial charge on any atom is -0.381 e.